The maximum absolute atomic E-state index is 13.6. The molecule has 1 aliphatic rings. The summed E-state index contributed by atoms with van der Waals surface area (Å²) in [4.78, 5) is 0. The highest BCUT2D eigenvalue weighted by Crippen LogP contribution is 2.51. The molecule has 2 N–H and O–H groups in total. The van der Waals surface area contributed by atoms with Crippen molar-refractivity contribution in [2.75, 3.05) is 46.3 Å². The van der Waals surface area contributed by atoms with Gasteiger partial charge in [0.25, 0.3) is 0 Å². The maximum atomic E-state index is 13.6. The van der Waals surface area contributed by atoms with Crippen LogP contribution in [0.2, 0.25) is 0 Å². The fourth-order valence-electron chi connectivity index (χ4n) is 2.50. The van der Waals surface area contributed by atoms with E-state index >= 15 is 0 Å². The molecule has 1 atom stereocenters. The summed E-state index contributed by atoms with van der Waals surface area (Å²) < 4.78 is 103. The summed E-state index contributed by atoms with van der Waals surface area (Å²) in [5.74, 6) is -12.3. The van der Waals surface area contributed by atoms with Crippen molar-refractivity contribution >= 4 is 11.9 Å². The first-order chi connectivity index (χ1) is 12.9. The number of hydrogen-bond acceptors (Lipinski definition) is 5. The van der Waals surface area contributed by atoms with Gasteiger partial charge in [0.1, 0.15) is 0 Å². The summed E-state index contributed by atoms with van der Waals surface area (Å²) in [6, 6.07) is 0. The Balaban J connectivity index is 2.32. The van der Waals surface area contributed by atoms with E-state index < -0.39 is 23.5 Å². The van der Waals surface area contributed by atoms with Crippen LogP contribution in [0, 0.1) is 0 Å². The number of nitrogens with zero attached hydrogens (tertiary/aromatic N) is 2. The van der Waals surface area contributed by atoms with Gasteiger partial charge in [0.05, 0.1) is 0 Å². The lowest BCUT2D eigenvalue weighted by atomic mass is 10.2. The topological polar surface area (TPSA) is 30.5 Å². The van der Waals surface area contributed by atoms with Crippen LogP contribution in [0.1, 0.15) is 25.7 Å². The second-order valence-corrected chi connectivity index (χ2v) is 7.60. The van der Waals surface area contributed by atoms with Crippen LogP contribution in [0.3, 0.4) is 0 Å². The Morgan fingerprint density at radius 1 is 0.857 bits per heavy atom. The molecular weight excluding hydrogens is 420 g/mol. The second-order valence-electron chi connectivity index (χ2n) is 6.46. The van der Waals surface area contributed by atoms with Crippen LogP contribution in [-0.4, -0.2) is 79.2 Å². The van der Waals surface area contributed by atoms with Crippen LogP contribution in [0.5, 0.6) is 0 Å². The van der Waals surface area contributed by atoms with E-state index in [1.165, 1.54) is 0 Å². The molecule has 0 aromatic carbocycles. The average Bonchev–Trinajstić information content (AvgIpc) is 2.61. The van der Waals surface area contributed by atoms with Gasteiger partial charge in [-0.25, -0.2) is 13.7 Å². The Morgan fingerprint density at radius 3 is 1.89 bits per heavy atom. The quantitative estimate of drug-likeness (QED) is 0.272. The molecule has 0 radical (unpaired) electrons. The number of hydrogen-bond donors (Lipinski definition) is 2. The lowest BCUT2D eigenvalue weighted by molar-refractivity contribution is -0.359. The van der Waals surface area contributed by atoms with Gasteiger partial charge >= 0.3 is 18.0 Å². The number of unbranched alkanes of at least 4 members (excludes halogenated alkanes) is 3. The number of rotatable bonds is 12. The first-order valence-corrected chi connectivity index (χ1v) is 9.78. The Kier molecular flexibility index (Phi) is 10.2. The second kappa shape index (κ2) is 11.1. The first-order valence-electron chi connectivity index (χ1n) is 8.94. The molecule has 0 aromatic rings. The molecule has 28 heavy (non-hydrogen) atoms. The lowest BCUT2D eigenvalue weighted by Gasteiger charge is -2.36. The first kappa shape index (κ1) is 25.7. The predicted molar refractivity (Wildman–Crippen MR) is 92.0 cm³/mol. The molecule has 168 valence electrons. The third-order valence-electron chi connectivity index (χ3n) is 4.23. The van der Waals surface area contributed by atoms with Crippen molar-refractivity contribution < 1.29 is 35.1 Å². The van der Waals surface area contributed by atoms with Gasteiger partial charge in [-0.3, -0.25) is 5.43 Å². The summed E-state index contributed by atoms with van der Waals surface area (Å²) in [6.45, 7) is 2.37. The fraction of sp³-hybridized carbons (Fsp3) is 1.00. The number of piperazine rings is 1. The Bertz CT molecular complexity index is 444. The summed E-state index contributed by atoms with van der Waals surface area (Å²) in [5.41, 5.74) is -0.575. The smallest absolute Gasteiger partial charge is 0.320 e. The lowest BCUT2D eigenvalue weighted by Crippen LogP contribution is -2.57. The van der Waals surface area contributed by atoms with Crippen LogP contribution in [0.4, 0.5) is 35.1 Å². The Hall–Kier alpha value is -0.370. The van der Waals surface area contributed by atoms with E-state index in [-0.39, 0.29) is 25.0 Å². The summed E-state index contributed by atoms with van der Waals surface area (Å²) >= 11 is -0.312. The van der Waals surface area contributed by atoms with Gasteiger partial charge in [0, 0.05) is 32.7 Å². The molecule has 0 spiro atoms. The van der Waals surface area contributed by atoms with Crippen molar-refractivity contribution in [3.63, 3.8) is 0 Å². The SMILES string of the molecule is CNCCCCCCNN1CCN(SC(F)C(F)(F)C(F)(F)C(F)(F)F)CC1. The van der Waals surface area contributed by atoms with E-state index in [1.807, 2.05) is 7.05 Å². The van der Waals surface area contributed by atoms with E-state index in [0.717, 1.165) is 36.5 Å². The molecule has 0 bridgehead atoms. The molecule has 13 heteroatoms. The largest absolute Gasteiger partial charge is 0.460 e. The van der Waals surface area contributed by atoms with Gasteiger partial charge in [-0.05, 0) is 38.4 Å². The third kappa shape index (κ3) is 7.15. The van der Waals surface area contributed by atoms with Gasteiger partial charge < -0.3 is 5.32 Å². The normalized spacial score (nSPS) is 19.2. The zero-order valence-electron chi connectivity index (χ0n) is 15.5. The zero-order chi connectivity index (χ0) is 21.4. The molecule has 1 unspecified atom stereocenters. The number of halogens is 8. The summed E-state index contributed by atoms with van der Waals surface area (Å²) in [5, 5.41) is 4.84. The van der Waals surface area contributed by atoms with E-state index in [2.05, 4.69) is 10.7 Å². The maximum Gasteiger partial charge on any atom is 0.460 e. The van der Waals surface area contributed by atoms with Crippen LogP contribution < -0.4 is 10.7 Å². The molecular formula is C15H26F8N4S. The highest BCUT2D eigenvalue weighted by atomic mass is 32.2. The van der Waals surface area contributed by atoms with Gasteiger partial charge in [0.15, 0.2) is 0 Å². The standard InChI is InChI=1S/C15H26F8N4S/c1-24-6-4-2-3-5-7-25-26-8-10-27(11-9-26)28-12(16)13(17,18)14(19,20)15(21,22)23/h12,24-25H,2-11H2,1H3. The zero-order valence-corrected chi connectivity index (χ0v) is 16.3. The van der Waals surface area contributed by atoms with Gasteiger partial charge in [-0.1, -0.05) is 12.8 Å². The van der Waals surface area contributed by atoms with E-state index in [0.29, 0.717) is 19.6 Å². The molecule has 0 aliphatic carbocycles. The third-order valence-corrected chi connectivity index (χ3v) is 5.37. The number of alkyl halides is 8. The monoisotopic (exact) mass is 446 g/mol. The minimum atomic E-state index is -6.53. The summed E-state index contributed by atoms with van der Waals surface area (Å²) in [6.07, 6.45) is -2.39. The van der Waals surface area contributed by atoms with Crippen molar-refractivity contribution in [3.8, 4) is 0 Å². The molecule has 1 rings (SSSR count). The highest BCUT2D eigenvalue weighted by Gasteiger charge is 2.76. The fourth-order valence-corrected chi connectivity index (χ4v) is 3.41. The van der Waals surface area contributed by atoms with Crippen molar-refractivity contribution in [3.05, 3.63) is 0 Å². The minimum Gasteiger partial charge on any atom is -0.320 e. The molecule has 1 aliphatic heterocycles. The molecule has 1 heterocycles. The van der Waals surface area contributed by atoms with Gasteiger partial charge in [0.2, 0.25) is 5.50 Å². The van der Waals surface area contributed by atoms with Crippen molar-refractivity contribution in [1.82, 2.24) is 20.1 Å². The molecule has 1 saturated heterocycles. The molecule has 0 amide bonds. The van der Waals surface area contributed by atoms with Gasteiger partial charge in [-0.15, -0.1) is 0 Å². The van der Waals surface area contributed by atoms with Crippen molar-refractivity contribution in [1.29, 1.82) is 0 Å². The minimum absolute atomic E-state index is 0.0495. The van der Waals surface area contributed by atoms with Crippen LogP contribution in [0.25, 0.3) is 0 Å². The van der Waals surface area contributed by atoms with Crippen LogP contribution in [0.15, 0.2) is 0 Å². The Morgan fingerprint density at radius 2 is 1.39 bits per heavy atom. The average molecular weight is 446 g/mol. The van der Waals surface area contributed by atoms with Crippen LogP contribution in [-0.2, 0) is 0 Å². The van der Waals surface area contributed by atoms with E-state index in [1.54, 1.807) is 5.01 Å². The summed E-state index contributed by atoms with van der Waals surface area (Å²) in [7, 11) is 1.88. The highest BCUT2D eigenvalue weighted by molar-refractivity contribution is 7.97. The van der Waals surface area contributed by atoms with E-state index in [9.17, 15) is 35.1 Å². The van der Waals surface area contributed by atoms with Crippen molar-refractivity contribution in [2.24, 2.45) is 0 Å². The molecule has 1 fully saturated rings. The number of hydrazine groups is 1. The van der Waals surface area contributed by atoms with Gasteiger partial charge in [-0.2, -0.15) is 30.7 Å². The molecule has 4 nitrogen and oxygen atoms in total. The number of nitrogens with one attached hydrogen (secondary N) is 2. The van der Waals surface area contributed by atoms with E-state index in [4.69, 9.17) is 0 Å². The Labute approximate surface area is 163 Å². The predicted octanol–water partition coefficient (Wildman–Crippen LogP) is 3.67. The molecule has 0 aromatic heterocycles. The van der Waals surface area contributed by atoms with Crippen molar-refractivity contribution in [2.45, 2.75) is 49.2 Å². The van der Waals surface area contributed by atoms with Crippen LogP contribution >= 0.6 is 11.9 Å². The molecule has 0 saturated carbocycles.